The summed E-state index contributed by atoms with van der Waals surface area (Å²) < 4.78 is 29.7. The van der Waals surface area contributed by atoms with Gasteiger partial charge in [-0.1, -0.05) is 0 Å². The van der Waals surface area contributed by atoms with Crippen LogP contribution in [0.1, 0.15) is 27.2 Å². The van der Waals surface area contributed by atoms with Crippen LogP contribution in [0.2, 0.25) is 0 Å². The van der Waals surface area contributed by atoms with Crippen molar-refractivity contribution in [2.75, 3.05) is 0 Å². The number of alkyl halides is 2. The van der Waals surface area contributed by atoms with E-state index in [-0.39, 0.29) is 0 Å². The number of hydrazine groups is 1. The van der Waals surface area contributed by atoms with Crippen molar-refractivity contribution in [3.8, 4) is 0 Å². The van der Waals surface area contributed by atoms with Crippen LogP contribution in [0.5, 0.6) is 0 Å². The molecule has 1 rings (SSSR count). The van der Waals surface area contributed by atoms with Crippen LogP contribution >= 0.6 is 0 Å². The van der Waals surface area contributed by atoms with Gasteiger partial charge in [0.1, 0.15) is 11.5 Å². The zero-order valence-corrected chi connectivity index (χ0v) is 9.27. The van der Waals surface area contributed by atoms with Crippen molar-refractivity contribution >= 4 is 12.0 Å². The molecule has 0 heterocycles. The number of carbonyl (C=O) groups is 2. The highest BCUT2D eigenvalue weighted by molar-refractivity contribution is 5.84. The Morgan fingerprint density at radius 1 is 1.31 bits per heavy atom. The van der Waals surface area contributed by atoms with E-state index in [1.165, 1.54) is 0 Å². The Balaban J connectivity index is 2.25. The third-order valence-corrected chi connectivity index (χ3v) is 1.83. The van der Waals surface area contributed by atoms with E-state index in [1.807, 2.05) is 10.9 Å². The first-order valence-corrected chi connectivity index (χ1v) is 4.78. The van der Waals surface area contributed by atoms with Gasteiger partial charge in [0.15, 0.2) is 0 Å². The van der Waals surface area contributed by atoms with E-state index in [1.54, 1.807) is 20.8 Å². The molecule has 16 heavy (non-hydrogen) atoms. The van der Waals surface area contributed by atoms with Crippen LogP contribution in [-0.4, -0.2) is 23.5 Å². The topological polar surface area (TPSA) is 67.4 Å². The number of hydrogen-bond acceptors (Lipinski definition) is 3. The molecule has 2 N–H and O–H groups in total. The summed E-state index contributed by atoms with van der Waals surface area (Å²) in [5.41, 5.74) is 3.07. The smallest absolute Gasteiger partial charge is 0.426 e. The summed E-state index contributed by atoms with van der Waals surface area (Å²) >= 11 is 0. The van der Waals surface area contributed by atoms with Gasteiger partial charge in [-0.3, -0.25) is 10.2 Å². The zero-order valence-electron chi connectivity index (χ0n) is 9.27. The van der Waals surface area contributed by atoms with Gasteiger partial charge in [-0.25, -0.2) is 19.0 Å². The maximum atomic E-state index is 12.4. The molecule has 0 aromatic rings. The van der Waals surface area contributed by atoms with Gasteiger partial charge in [0, 0.05) is 6.42 Å². The minimum Gasteiger partial charge on any atom is -0.443 e. The van der Waals surface area contributed by atoms with E-state index in [0.29, 0.717) is 0 Å². The molecule has 0 aromatic carbocycles. The van der Waals surface area contributed by atoms with E-state index in [4.69, 9.17) is 4.74 Å². The molecule has 0 saturated heterocycles. The highest BCUT2D eigenvalue weighted by Gasteiger charge is 2.61. The summed E-state index contributed by atoms with van der Waals surface area (Å²) in [6.07, 6.45) is -1.36. The van der Waals surface area contributed by atoms with Crippen LogP contribution in [0.4, 0.5) is 13.6 Å². The van der Waals surface area contributed by atoms with Crippen molar-refractivity contribution in [1.82, 2.24) is 10.9 Å². The lowest BCUT2D eigenvalue weighted by Gasteiger charge is -2.19. The lowest BCUT2D eigenvalue weighted by molar-refractivity contribution is -0.125. The lowest BCUT2D eigenvalue weighted by Crippen LogP contribution is -2.45. The minimum atomic E-state index is -2.94. The normalized spacial score (nSPS) is 22.2. The molecule has 0 aromatic heterocycles. The van der Waals surface area contributed by atoms with Crippen LogP contribution < -0.4 is 10.9 Å². The average molecular weight is 236 g/mol. The maximum absolute atomic E-state index is 12.4. The summed E-state index contributed by atoms with van der Waals surface area (Å²) in [5, 5.41) is 0. The Kier molecular flexibility index (Phi) is 3.07. The van der Waals surface area contributed by atoms with Crippen molar-refractivity contribution in [1.29, 1.82) is 0 Å². The average Bonchev–Trinajstić information content (AvgIpc) is 2.68. The fourth-order valence-corrected chi connectivity index (χ4v) is 1.00. The molecule has 1 saturated carbocycles. The molecule has 1 unspecified atom stereocenters. The van der Waals surface area contributed by atoms with Gasteiger partial charge < -0.3 is 4.74 Å². The molecule has 7 heteroatoms. The third-order valence-electron chi connectivity index (χ3n) is 1.83. The lowest BCUT2D eigenvalue weighted by atomic mass is 10.2. The molecule has 0 bridgehead atoms. The Hall–Kier alpha value is -1.40. The molecule has 1 aliphatic carbocycles. The summed E-state index contributed by atoms with van der Waals surface area (Å²) in [5.74, 6) is -5.20. The fraction of sp³-hybridized carbons (Fsp3) is 0.778. The van der Waals surface area contributed by atoms with E-state index >= 15 is 0 Å². The second kappa shape index (κ2) is 3.88. The van der Waals surface area contributed by atoms with Crippen LogP contribution in [0.15, 0.2) is 0 Å². The van der Waals surface area contributed by atoms with E-state index in [9.17, 15) is 18.4 Å². The first-order chi connectivity index (χ1) is 7.12. The second-order valence-corrected chi connectivity index (χ2v) is 4.63. The Morgan fingerprint density at radius 2 is 1.81 bits per heavy atom. The molecule has 1 fully saturated rings. The van der Waals surface area contributed by atoms with Gasteiger partial charge in [-0.15, -0.1) is 0 Å². The standard InChI is InChI=1S/C9H14F2N2O3/c1-8(2,3)16-7(15)13-12-6(14)5-4-9(5,10)11/h5H,4H2,1-3H3,(H,12,14)(H,13,15). The van der Waals surface area contributed by atoms with Crippen LogP contribution in [0.25, 0.3) is 0 Å². The van der Waals surface area contributed by atoms with Crippen molar-refractivity contribution in [3.05, 3.63) is 0 Å². The summed E-state index contributed by atoms with van der Waals surface area (Å²) in [6, 6.07) is 0. The third kappa shape index (κ3) is 3.63. The molecule has 1 atom stereocenters. The minimum absolute atomic E-state index is 0.477. The van der Waals surface area contributed by atoms with Crippen LogP contribution in [0, 0.1) is 5.92 Å². The predicted octanol–water partition coefficient (Wildman–Crippen LogP) is 1.20. The van der Waals surface area contributed by atoms with Crippen LogP contribution in [0.3, 0.4) is 0 Å². The van der Waals surface area contributed by atoms with Gasteiger partial charge in [0.05, 0.1) is 0 Å². The van der Waals surface area contributed by atoms with Crippen molar-refractivity contribution in [2.45, 2.75) is 38.7 Å². The molecule has 92 valence electrons. The first-order valence-electron chi connectivity index (χ1n) is 4.78. The molecule has 0 radical (unpaired) electrons. The van der Waals surface area contributed by atoms with Crippen LogP contribution in [-0.2, 0) is 9.53 Å². The highest BCUT2D eigenvalue weighted by atomic mass is 19.3. The van der Waals surface area contributed by atoms with Gasteiger partial charge in [-0.05, 0) is 20.8 Å². The van der Waals surface area contributed by atoms with E-state index in [2.05, 4.69) is 0 Å². The Bertz CT molecular complexity index is 312. The number of halogens is 2. The second-order valence-electron chi connectivity index (χ2n) is 4.63. The van der Waals surface area contributed by atoms with Gasteiger partial charge in [0.2, 0.25) is 5.91 Å². The van der Waals surface area contributed by atoms with Gasteiger partial charge >= 0.3 is 6.09 Å². The van der Waals surface area contributed by atoms with E-state index < -0.39 is 35.9 Å². The number of nitrogens with one attached hydrogen (secondary N) is 2. The van der Waals surface area contributed by atoms with Crippen molar-refractivity contribution in [2.24, 2.45) is 5.92 Å². The summed E-state index contributed by atoms with van der Waals surface area (Å²) in [7, 11) is 0. The van der Waals surface area contributed by atoms with Crippen molar-refractivity contribution < 1.29 is 23.1 Å². The SMILES string of the molecule is CC(C)(C)OC(=O)NNC(=O)C1CC1(F)F. The van der Waals surface area contributed by atoms with Gasteiger partial charge in [0.25, 0.3) is 5.92 Å². The maximum Gasteiger partial charge on any atom is 0.426 e. The van der Waals surface area contributed by atoms with Crippen molar-refractivity contribution in [3.63, 3.8) is 0 Å². The first kappa shape index (κ1) is 12.7. The van der Waals surface area contributed by atoms with E-state index in [0.717, 1.165) is 0 Å². The Labute approximate surface area is 91.5 Å². The summed E-state index contributed by atoms with van der Waals surface area (Å²) in [4.78, 5) is 22.1. The number of rotatable bonds is 1. The summed E-state index contributed by atoms with van der Waals surface area (Å²) in [6.45, 7) is 4.93. The molecular formula is C9H14F2N2O3. The molecular weight excluding hydrogens is 222 g/mol. The number of amides is 2. The zero-order chi connectivity index (χ0) is 12.6. The monoisotopic (exact) mass is 236 g/mol. The molecule has 0 spiro atoms. The number of ether oxygens (including phenoxy) is 1. The molecule has 2 amide bonds. The predicted molar refractivity (Wildman–Crippen MR) is 50.6 cm³/mol. The Morgan fingerprint density at radius 3 is 2.19 bits per heavy atom. The molecule has 1 aliphatic rings. The highest BCUT2D eigenvalue weighted by Crippen LogP contribution is 2.48. The largest absolute Gasteiger partial charge is 0.443 e. The number of hydrogen-bond donors (Lipinski definition) is 2. The molecule has 0 aliphatic heterocycles. The number of carbonyl (C=O) groups excluding carboxylic acids is 2. The quantitative estimate of drug-likeness (QED) is 0.672. The molecule has 5 nitrogen and oxygen atoms in total. The van der Waals surface area contributed by atoms with Gasteiger partial charge in [-0.2, -0.15) is 0 Å². The fourth-order valence-electron chi connectivity index (χ4n) is 1.00.